The lowest BCUT2D eigenvalue weighted by Crippen LogP contribution is -2.56. The second-order valence-corrected chi connectivity index (χ2v) is 4.27. The van der Waals surface area contributed by atoms with Crippen molar-refractivity contribution in [2.45, 2.75) is 44.1 Å². The van der Waals surface area contributed by atoms with Crippen molar-refractivity contribution in [3.05, 3.63) is 0 Å². The van der Waals surface area contributed by atoms with Crippen LogP contribution < -0.4 is 5.11 Å². The molecule has 0 amide bonds. The summed E-state index contributed by atoms with van der Waals surface area (Å²) in [6, 6.07) is 0. The van der Waals surface area contributed by atoms with Crippen LogP contribution in [0, 0.1) is 5.41 Å². The van der Waals surface area contributed by atoms with E-state index in [9.17, 15) is 9.90 Å². The Kier molecular flexibility index (Phi) is 1.49. The molecule has 0 aliphatic heterocycles. The van der Waals surface area contributed by atoms with E-state index in [0.717, 1.165) is 0 Å². The highest BCUT2D eigenvalue weighted by atomic mass is 16.4. The molecule has 3 aliphatic carbocycles. The van der Waals surface area contributed by atoms with Crippen LogP contribution >= 0.6 is 0 Å². The van der Waals surface area contributed by atoms with E-state index in [0.29, 0.717) is 38.5 Å². The van der Waals surface area contributed by atoms with Crippen LogP contribution in [0.2, 0.25) is 0 Å². The lowest BCUT2D eigenvalue weighted by atomic mass is 9.59. The largest absolute Gasteiger partial charge is 0.849 e. The molecule has 0 atom stereocenters. The quantitative estimate of drug-likeness (QED) is 0.622. The molecule has 2 bridgehead atoms. The van der Waals surface area contributed by atoms with Crippen molar-refractivity contribution in [1.82, 2.24) is 0 Å². The van der Waals surface area contributed by atoms with Crippen LogP contribution in [0.3, 0.4) is 0 Å². The minimum absolute atomic E-state index is 0.522. The fourth-order valence-corrected chi connectivity index (χ4v) is 2.47. The Morgan fingerprint density at radius 1 is 1.08 bits per heavy atom. The molecule has 0 saturated heterocycles. The number of fused-ring (bicyclic) bond motifs is 3. The number of carboxylic acids is 1. The zero-order chi connectivity index (χ0) is 8.82. The van der Waals surface area contributed by atoms with Crippen LogP contribution in [0.5, 0.6) is 0 Å². The number of aliphatic carboxylic acids is 1. The molecular weight excluding hydrogens is 156 g/mol. The maximum Gasteiger partial charge on any atom is 0.309 e. The van der Waals surface area contributed by atoms with Gasteiger partial charge >= 0.3 is 5.97 Å². The second kappa shape index (κ2) is 2.22. The van der Waals surface area contributed by atoms with Crippen molar-refractivity contribution in [1.29, 1.82) is 0 Å². The van der Waals surface area contributed by atoms with Crippen LogP contribution in [0.15, 0.2) is 0 Å². The first-order valence-corrected chi connectivity index (χ1v) is 4.50. The van der Waals surface area contributed by atoms with Crippen molar-refractivity contribution >= 4 is 5.97 Å². The summed E-state index contributed by atoms with van der Waals surface area (Å²) in [6.07, 6.45) is 3.52. The fraction of sp³-hybridized carbons (Fsp3) is 0.889. The monoisotopic (exact) mass is 169 g/mol. The molecular formula is C9H13O3-. The molecule has 3 fully saturated rings. The lowest BCUT2D eigenvalue weighted by molar-refractivity contribution is -0.496. The maximum absolute atomic E-state index is 11.7. The van der Waals surface area contributed by atoms with Crippen LogP contribution in [-0.4, -0.2) is 16.7 Å². The Morgan fingerprint density at radius 3 is 1.83 bits per heavy atom. The Labute approximate surface area is 71.4 Å². The van der Waals surface area contributed by atoms with Gasteiger partial charge in [0.1, 0.15) is 0 Å². The molecule has 0 radical (unpaired) electrons. The zero-order valence-corrected chi connectivity index (χ0v) is 7.01. The highest BCUT2D eigenvalue weighted by molar-refractivity contribution is 5.75. The summed E-state index contributed by atoms with van der Waals surface area (Å²) in [7, 11) is 0. The summed E-state index contributed by atoms with van der Waals surface area (Å²) >= 11 is 0. The number of rotatable bonds is 1. The third-order valence-electron chi connectivity index (χ3n) is 3.63. The SMILES string of the molecule is O=C(O)C12CCC([O-])(CC1)CC2. The van der Waals surface area contributed by atoms with Crippen molar-refractivity contribution in [3.63, 3.8) is 0 Å². The molecule has 0 aromatic heterocycles. The molecule has 12 heavy (non-hydrogen) atoms. The summed E-state index contributed by atoms with van der Waals surface area (Å²) in [5, 5.41) is 20.7. The molecule has 3 saturated carbocycles. The summed E-state index contributed by atoms with van der Waals surface area (Å²) < 4.78 is 0. The minimum atomic E-state index is -0.767. The van der Waals surface area contributed by atoms with E-state index in [4.69, 9.17) is 5.11 Å². The van der Waals surface area contributed by atoms with Gasteiger partial charge in [0.25, 0.3) is 0 Å². The van der Waals surface area contributed by atoms with E-state index < -0.39 is 17.0 Å². The van der Waals surface area contributed by atoms with Gasteiger partial charge in [-0.15, -0.1) is 5.60 Å². The Bertz CT molecular complexity index is 197. The summed E-state index contributed by atoms with van der Waals surface area (Å²) in [5.74, 6) is -0.691. The molecule has 1 N–H and O–H groups in total. The van der Waals surface area contributed by atoms with E-state index in [1.165, 1.54) is 0 Å². The molecule has 0 aromatic carbocycles. The predicted octanol–water partition coefficient (Wildman–Crippen LogP) is 0.524. The van der Waals surface area contributed by atoms with Gasteiger partial charge in [-0.1, -0.05) is 19.3 Å². The van der Waals surface area contributed by atoms with Gasteiger partial charge in [0.2, 0.25) is 0 Å². The van der Waals surface area contributed by atoms with Crippen LogP contribution in [-0.2, 0) is 4.79 Å². The predicted molar refractivity (Wildman–Crippen MR) is 40.5 cm³/mol. The molecule has 0 spiro atoms. The minimum Gasteiger partial charge on any atom is -0.849 e. The lowest BCUT2D eigenvalue weighted by Gasteiger charge is -2.56. The molecule has 3 heteroatoms. The van der Waals surface area contributed by atoms with Gasteiger partial charge < -0.3 is 10.2 Å². The average molecular weight is 169 g/mol. The highest BCUT2D eigenvalue weighted by Crippen LogP contribution is 2.51. The third-order valence-corrected chi connectivity index (χ3v) is 3.63. The van der Waals surface area contributed by atoms with Gasteiger partial charge in [0, 0.05) is 0 Å². The van der Waals surface area contributed by atoms with Crippen LogP contribution in [0.1, 0.15) is 38.5 Å². The van der Waals surface area contributed by atoms with Gasteiger partial charge in [-0.2, -0.15) is 0 Å². The average Bonchev–Trinajstić information content (AvgIpc) is 2.06. The van der Waals surface area contributed by atoms with Crippen molar-refractivity contribution in [2.24, 2.45) is 5.41 Å². The van der Waals surface area contributed by atoms with E-state index in [1.54, 1.807) is 0 Å². The molecule has 3 rings (SSSR count). The van der Waals surface area contributed by atoms with Crippen molar-refractivity contribution < 1.29 is 15.0 Å². The first kappa shape index (κ1) is 8.05. The smallest absolute Gasteiger partial charge is 0.309 e. The molecule has 3 aliphatic rings. The Morgan fingerprint density at radius 2 is 1.50 bits per heavy atom. The highest BCUT2D eigenvalue weighted by Gasteiger charge is 2.47. The van der Waals surface area contributed by atoms with Gasteiger partial charge in [-0.25, -0.2) is 0 Å². The first-order valence-electron chi connectivity index (χ1n) is 4.50. The van der Waals surface area contributed by atoms with Crippen molar-refractivity contribution in [3.8, 4) is 0 Å². The molecule has 68 valence electrons. The topological polar surface area (TPSA) is 60.4 Å². The van der Waals surface area contributed by atoms with Gasteiger partial charge in [0.05, 0.1) is 5.41 Å². The molecule has 0 heterocycles. The first-order chi connectivity index (χ1) is 5.56. The third kappa shape index (κ3) is 0.959. The standard InChI is InChI=1S/C9H13O3/c10-7(11)8-1-4-9(12,5-2-8)6-3-8/h1-6H2,(H,10,11)/q-1. The van der Waals surface area contributed by atoms with Crippen LogP contribution in [0.25, 0.3) is 0 Å². The van der Waals surface area contributed by atoms with E-state index in [1.807, 2.05) is 0 Å². The van der Waals surface area contributed by atoms with Gasteiger partial charge in [-0.3, -0.25) is 4.79 Å². The van der Waals surface area contributed by atoms with E-state index in [-0.39, 0.29) is 0 Å². The van der Waals surface area contributed by atoms with Gasteiger partial charge in [-0.05, 0) is 19.3 Å². The van der Waals surface area contributed by atoms with Crippen molar-refractivity contribution in [2.75, 3.05) is 0 Å². The van der Waals surface area contributed by atoms with Gasteiger partial charge in [0.15, 0.2) is 0 Å². The zero-order valence-electron chi connectivity index (χ0n) is 7.01. The number of hydrogen-bond acceptors (Lipinski definition) is 2. The maximum atomic E-state index is 11.7. The van der Waals surface area contributed by atoms with E-state index in [2.05, 4.69) is 0 Å². The molecule has 0 aromatic rings. The summed E-state index contributed by atoms with van der Waals surface area (Å²) in [6.45, 7) is 0. The molecule has 3 nitrogen and oxygen atoms in total. The molecule has 0 unspecified atom stereocenters. The Hall–Kier alpha value is -0.570. The number of hydrogen-bond donors (Lipinski definition) is 1. The second-order valence-electron chi connectivity index (χ2n) is 4.27. The number of carboxylic acid groups (broad SMARTS) is 1. The fourth-order valence-electron chi connectivity index (χ4n) is 2.47. The summed E-state index contributed by atoms with van der Waals surface area (Å²) in [5.41, 5.74) is -1.29. The van der Waals surface area contributed by atoms with E-state index >= 15 is 0 Å². The summed E-state index contributed by atoms with van der Waals surface area (Å²) in [4.78, 5) is 10.9. The Balaban J connectivity index is 2.20. The van der Waals surface area contributed by atoms with Crippen LogP contribution in [0.4, 0.5) is 0 Å². The number of carbonyl (C=O) groups is 1. The normalized spacial score (nSPS) is 46.1.